The van der Waals surface area contributed by atoms with E-state index in [2.05, 4.69) is 5.32 Å². The van der Waals surface area contributed by atoms with E-state index in [-0.39, 0.29) is 17.5 Å². The second-order valence-corrected chi connectivity index (χ2v) is 4.95. The standard InChI is InChI=1S/C14H17F2NO/c1-9(10-4-2-3-5-10)14(18)17-13-7-6-11(15)8-12(13)16/h6-10H,2-5H2,1H3,(H,17,18). The first-order valence-electron chi connectivity index (χ1n) is 6.34. The Morgan fingerprint density at radius 1 is 1.33 bits per heavy atom. The molecule has 1 unspecified atom stereocenters. The minimum Gasteiger partial charge on any atom is -0.323 e. The van der Waals surface area contributed by atoms with Gasteiger partial charge in [-0.05, 0) is 30.9 Å². The molecule has 1 fully saturated rings. The van der Waals surface area contributed by atoms with Crippen molar-refractivity contribution in [2.24, 2.45) is 11.8 Å². The van der Waals surface area contributed by atoms with Gasteiger partial charge in [0.05, 0.1) is 5.69 Å². The minimum atomic E-state index is -0.734. The van der Waals surface area contributed by atoms with Gasteiger partial charge in [0.15, 0.2) is 0 Å². The van der Waals surface area contributed by atoms with Gasteiger partial charge in [0.2, 0.25) is 5.91 Å². The van der Waals surface area contributed by atoms with Crippen LogP contribution in [-0.4, -0.2) is 5.91 Å². The maximum Gasteiger partial charge on any atom is 0.227 e. The highest BCUT2D eigenvalue weighted by Crippen LogP contribution is 2.32. The zero-order valence-corrected chi connectivity index (χ0v) is 10.4. The average Bonchev–Trinajstić information content (AvgIpc) is 2.85. The summed E-state index contributed by atoms with van der Waals surface area (Å²) in [6.07, 6.45) is 4.43. The molecular formula is C14H17F2NO. The van der Waals surface area contributed by atoms with Crippen LogP contribution in [0.1, 0.15) is 32.6 Å². The maximum atomic E-state index is 13.4. The monoisotopic (exact) mass is 253 g/mol. The van der Waals surface area contributed by atoms with E-state index in [4.69, 9.17) is 0 Å². The Bertz CT molecular complexity index is 441. The van der Waals surface area contributed by atoms with Crippen molar-refractivity contribution in [1.82, 2.24) is 0 Å². The molecule has 1 N–H and O–H groups in total. The number of amides is 1. The number of hydrogen-bond donors (Lipinski definition) is 1. The third kappa shape index (κ3) is 2.86. The topological polar surface area (TPSA) is 29.1 Å². The third-order valence-electron chi connectivity index (χ3n) is 3.71. The summed E-state index contributed by atoms with van der Waals surface area (Å²) >= 11 is 0. The molecule has 2 nitrogen and oxygen atoms in total. The first-order chi connectivity index (χ1) is 8.58. The molecule has 1 aromatic rings. The number of carbonyl (C=O) groups is 1. The molecule has 98 valence electrons. The van der Waals surface area contributed by atoms with Crippen LogP contribution >= 0.6 is 0 Å². The van der Waals surface area contributed by atoms with Crippen molar-refractivity contribution in [2.75, 3.05) is 5.32 Å². The molecule has 18 heavy (non-hydrogen) atoms. The number of carbonyl (C=O) groups excluding carboxylic acids is 1. The molecule has 0 saturated heterocycles. The molecule has 1 aliphatic rings. The highest BCUT2D eigenvalue weighted by molar-refractivity contribution is 5.92. The normalized spacial score (nSPS) is 17.7. The molecular weight excluding hydrogens is 236 g/mol. The van der Waals surface area contributed by atoms with E-state index < -0.39 is 11.6 Å². The number of anilines is 1. The SMILES string of the molecule is CC(C(=O)Nc1ccc(F)cc1F)C1CCCC1. The van der Waals surface area contributed by atoms with Crippen molar-refractivity contribution in [1.29, 1.82) is 0 Å². The van der Waals surface area contributed by atoms with Gasteiger partial charge in [0, 0.05) is 12.0 Å². The Kier molecular flexibility index (Phi) is 3.94. The van der Waals surface area contributed by atoms with Gasteiger partial charge in [-0.15, -0.1) is 0 Å². The van der Waals surface area contributed by atoms with Crippen LogP contribution in [0.5, 0.6) is 0 Å². The Morgan fingerprint density at radius 2 is 2.00 bits per heavy atom. The molecule has 1 atom stereocenters. The zero-order chi connectivity index (χ0) is 13.1. The van der Waals surface area contributed by atoms with Crippen molar-refractivity contribution in [3.05, 3.63) is 29.8 Å². The summed E-state index contributed by atoms with van der Waals surface area (Å²) < 4.78 is 26.1. The first kappa shape index (κ1) is 13.0. The Morgan fingerprint density at radius 3 is 2.61 bits per heavy atom. The van der Waals surface area contributed by atoms with Crippen molar-refractivity contribution in [2.45, 2.75) is 32.6 Å². The van der Waals surface area contributed by atoms with Gasteiger partial charge in [-0.3, -0.25) is 4.79 Å². The van der Waals surface area contributed by atoms with Crippen LogP contribution in [0.15, 0.2) is 18.2 Å². The molecule has 0 radical (unpaired) electrons. The molecule has 4 heteroatoms. The van der Waals surface area contributed by atoms with Crippen LogP contribution in [0.2, 0.25) is 0 Å². The van der Waals surface area contributed by atoms with Crippen molar-refractivity contribution >= 4 is 11.6 Å². The zero-order valence-electron chi connectivity index (χ0n) is 10.4. The summed E-state index contributed by atoms with van der Waals surface area (Å²) in [5.41, 5.74) is 0.0475. The van der Waals surface area contributed by atoms with Gasteiger partial charge in [0.1, 0.15) is 11.6 Å². The van der Waals surface area contributed by atoms with Crippen LogP contribution in [0, 0.1) is 23.5 Å². The third-order valence-corrected chi connectivity index (χ3v) is 3.71. The molecule has 0 bridgehead atoms. The molecule has 1 saturated carbocycles. The maximum absolute atomic E-state index is 13.4. The minimum absolute atomic E-state index is 0.0475. The Labute approximate surface area is 105 Å². The van der Waals surface area contributed by atoms with Crippen LogP contribution in [-0.2, 0) is 4.79 Å². The van der Waals surface area contributed by atoms with E-state index in [0.29, 0.717) is 5.92 Å². The van der Waals surface area contributed by atoms with E-state index in [1.54, 1.807) is 0 Å². The molecule has 1 aliphatic carbocycles. The highest BCUT2D eigenvalue weighted by atomic mass is 19.1. The first-order valence-corrected chi connectivity index (χ1v) is 6.34. The molecule has 0 aliphatic heterocycles. The molecule has 0 spiro atoms. The smallest absolute Gasteiger partial charge is 0.227 e. The molecule has 0 aromatic heterocycles. The number of benzene rings is 1. The van der Waals surface area contributed by atoms with Crippen molar-refractivity contribution < 1.29 is 13.6 Å². The van der Waals surface area contributed by atoms with E-state index in [1.807, 2.05) is 6.92 Å². The van der Waals surface area contributed by atoms with Crippen molar-refractivity contribution in [3.63, 3.8) is 0 Å². The summed E-state index contributed by atoms with van der Waals surface area (Å²) in [7, 11) is 0. The quantitative estimate of drug-likeness (QED) is 0.873. The fourth-order valence-electron chi connectivity index (χ4n) is 2.51. The Hall–Kier alpha value is -1.45. The summed E-state index contributed by atoms with van der Waals surface area (Å²) in [6, 6.07) is 3.17. The number of rotatable bonds is 3. The molecule has 1 amide bonds. The van der Waals surface area contributed by atoms with E-state index in [1.165, 1.54) is 6.07 Å². The van der Waals surface area contributed by atoms with E-state index in [0.717, 1.165) is 37.8 Å². The highest BCUT2D eigenvalue weighted by Gasteiger charge is 2.27. The predicted octanol–water partition coefficient (Wildman–Crippen LogP) is 3.73. The van der Waals surface area contributed by atoms with Crippen LogP contribution < -0.4 is 5.32 Å². The second-order valence-electron chi connectivity index (χ2n) is 4.95. The molecule has 1 aromatic carbocycles. The largest absolute Gasteiger partial charge is 0.323 e. The van der Waals surface area contributed by atoms with Gasteiger partial charge < -0.3 is 5.32 Å². The summed E-state index contributed by atoms with van der Waals surface area (Å²) in [6.45, 7) is 1.87. The van der Waals surface area contributed by atoms with Gasteiger partial charge in [-0.25, -0.2) is 8.78 Å². The Balaban J connectivity index is 2.01. The van der Waals surface area contributed by atoms with Gasteiger partial charge in [0.25, 0.3) is 0 Å². The summed E-state index contributed by atoms with van der Waals surface area (Å²) in [5.74, 6) is -1.31. The number of hydrogen-bond acceptors (Lipinski definition) is 1. The molecule has 0 heterocycles. The predicted molar refractivity (Wildman–Crippen MR) is 66.1 cm³/mol. The van der Waals surface area contributed by atoms with Crippen LogP contribution in [0.25, 0.3) is 0 Å². The van der Waals surface area contributed by atoms with E-state index >= 15 is 0 Å². The average molecular weight is 253 g/mol. The van der Waals surface area contributed by atoms with Crippen molar-refractivity contribution in [3.8, 4) is 0 Å². The summed E-state index contributed by atoms with van der Waals surface area (Å²) in [4.78, 5) is 12.0. The van der Waals surface area contributed by atoms with Crippen LogP contribution in [0.4, 0.5) is 14.5 Å². The van der Waals surface area contributed by atoms with Gasteiger partial charge >= 0.3 is 0 Å². The van der Waals surface area contributed by atoms with E-state index in [9.17, 15) is 13.6 Å². The fraction of sp³-hybridized carbons (Fsp3) is 0.500. The lowest BCUT2D eigenvalue weighted by Crippen LogP contribution is -2.26. The lowest BCUT2D eigenvalue weighted by Gasteiger charge is -2.18. The lowest BCUT2D eigenvalue weighted by molar-refractivity contribution is -0.120. The molecule has 2 rings (SSSR count). The van der Waals surface area contributed by atoms with Gasteiger partial charge in [-0.1, -0.05) is 19.8 Å². The second kappa shape index (κ2) is 5.46. The number of nitrogens with one attached hydrogen (secondary N) is 1. The summed E-state index contributed by atoms with van der Waals surface area (Å²) in [5, 5.41) is 2.53. The number of halogens is 2. The van der Waals surface area contributed by atoms with Gasteiger partial charge in [-0.2, -0.15) is 0 Å². The fourth-order valence-corrected chi connectivity index (χ4v) is 2.51. The lowest BCUT2D eigenvalue weighted by atomic mass is 9.92. The van der Waals surface area contributed by atoms with Crippen LogP contribution in [0.3, 0.4) is 0 Å².